The molecule has 2 heterocycles. The summed E-state index contributed by atoms with van der Waals surface area (Å²) in [6.07, 6.45) is 2.13. The van der Waals surface area contributed by atoms with Gasteiger partial charge < -0.3 is 16.0 Å². The summed E-state index contributed by atoms with van der Waals surface area (Å²) in [5.41, 5.74) is 11.8. The Morgan fingerprint density at radius 3 is 2.52 bits per heavy atom. The number of fused-ring (bicyclic) bond motifs is 1. The fourth-order valence-electron chi connectivity index (χ4n) is 2.85. The van der Waals surface area contributed by atoms with E-state index < -0.39 is 0 Å². The lowest BCUT2D eigenvalue weighted by Crippen LogP contribution is -2.29. The summed E-state index contributed by atoms with van der Waals surface area (Å²) in [5.74, 6) is 0.200. The van der Waals surface area contributed by atoms with E-state index in [1.165, 1.54) is 6.20 Å². The minimum atomic E-state index is 0.0230. The Balaban J connectivity index is 0.000000253. The Labute approximate surface area is 175 Å². The van der Waals surface area contributed by atoms with Gasteiger partial charge in [0.05, 0.1) is 16.6 Å². The van der Waals surface area contributed by atoms with E-state index >= 15 is 0 Å². The van der Waals surface area contributed by atoms with E-state index in [0.717, 1.165) is 17.5 Å². The summed E-state index contributed by atoms with van der Waals surface area (Å²) in [6, 6.07) is 9.50. The van der Waals surface area contributed by atoms with Crippen LogP contribution in [0.1, 0.15) is 39.0 Å². The van der Waals surface area contributed by atoms with Crippen molar-refractivity contribution in [3.63, 3.8) is 0 Å². The molecule has 152 valence electrons. The van der Waals surface area contributed by atoms with Gasteiger partial charge in [0, 0.05) is 12.2 Å². The van der Waals surface area contributed by atoms with Crippen LogP contribution in [0.3, 0.4) is 0 Å². The summed E-state index contributed by atoms with van der Waals surface area (Å²) in [6.45, 7) is 9.18. The molecule has 0 saturated carbocycles. The smallest absolute Gasteiger partial charge is 0.260 e. The zero-order valence-electron chi connectivity index (χ0n) is 17.0. The minimum absolute atomic E-state index is 0.0230. The third-order valence-electron chi connectivity index (χ3n) is 4.13. The molecule has 0 aliphatic rings. The number of benzene rings is 1. The number of hydrogen-bond acceptors (Lipinski definition) is 6. The van der Waals surface area contributed by atoms with Crippen molar-refractivity contribution in [2.24, 2.45) is 5.41 Å². The zero-order chi connectivity index (χ0) is 21.8. The first-order valence-electron chi connectivity index (χ1n) is 9.16. The lowest BCUT2D eigenvalue weighted by molar-refractivity contribution is 0.334. The minimum Gasteiger partial charge on any atom is -0.382 e. The molecule has 0 spiro atoms. The highest BCUT2D eigenvalue weighted by molar-refractivity contribution is 6.35. The molecule has 1 aromatic carbocycles. The molecule has 4 N–H and O–H groups in total. The normalized spacial score (nSPS) is 10.9. The molecule has 7 nitrogen and oxygen atoms in total. The quantitative estimate of drug-likeness (QED) is 0.660. The predicted molar refractivity (Wildman–Crippen MR) is 118 cm³/mol. The molecule has 2 aromatic heterocycles. The molecular formula is C21H25ClN6O. The molecule has 0 fully saturated rings. The third-order valence-corrected chi connectivity index (χ3v) is 4.44. The summed E-state index contributed by atoms with van der Waals surface area (Å²) in [5, 5.41) is 10.5. The van der Waals surface area contributed by atoms with Crippen LogP contribution in [-0.4, -0.2) is 14.5 Å². The molecule has 0 atom stereocenters. The van der Waals surface area contributed by atoms with Gasteiger partial charge in [0.2, 0.25) is 5.95 Å². The molecule has 0 aliphatic carbocycles. The van der Waals surface area contributed by atoms with E-state index in [-0.39, 0.29) is 28.3 Å². The number of halogens is 1. The van der Waals surface area contributed by atoms with Crippen molar-refractivity contribution in [2.45, 2.75) is 40.7 Å². The van der Waals surface area contributed by atoms with Crippen LogP contribution in [0.25, 0.3) is 10.8 Å². The highest BCUT2D eigenvalue weighted by atomic mass is 35.5. The number of aryl methyl sites for hydroxylation is 1. The Morgan fingerprint density at radius 2 is 1.97 bits per heavy atom. The average Bonchev–Trinajstić information content (AvgIpc) is 2.63. The molecule has 3 rings (SSSR count). The molecular weight excluding hydrogens is 388 g/mol. The number of pyridine rings is 1. The largest absolute Gasteiger partial charge is 0.382 e. The van der Waals surface area contributed by atoms with Gasteiger partial charge in [-0.05, 0) is 29.4 Å². The van der Waals surface area contributed by atoms with Gasteiger partial charge in [0.1, 0.15) is 17.5 Å². The summed E-state index contributed by atoms with van der Waals surface area (Å²) in [7, 11) is 0. The average molecular weight is 413 g/mol. The van der Waals surface area contributed by atoms with Gasteiger partial charge in [-0.15, -0.1) is 0 Å². The number of aromatic nitrogens is 3. The summed E-state index contributed by atoms with van der Waals surface area (Å²) in [4.78, 5) is 19.8. The SMILES string of the molecule is CCc1cc2cccc(Cl)c2c(=O)n1CC(C)(C)C.N#Cc1cnc(N)nc1N. The van der Waals surface area contributed by atoms with Gasteiger partial charge in [-0.3, -0.25) is 4.79 Å². The predicted octanol–water partition coefficient (Wildman–Crippen LogP) is 3.78. The summed E-state index contributed by atoms with van der Waals surface area (Å²) >= 11 is 6.19. The highest BCUT2D eigenvalue weighted by Crippen LogP contribution is 2.23. The number of rotatable bonds is 2. The van der Waals surface area contributed by atoms with Crippen molar-refractivity contribution in [3.8, 4) is 6.07 Å². The molecule has 0 bridgehead atoms. The first kappa shape index (κ1) is 22.2. The second-order valence-electron chi connectivity index (χ2n) is 7.78. The Hall–Kier alpha value is -3.11. The fourth-order valence-corrected chi connectivity index (χ4v) is 3.11. The topological polar surface area (TPSA) is 124 Å². The van der Waals surface area contributed by atoms with E-state index in [2.05, 4.69) is 43.7 Å². The second kappa shape index (κ2) is 8.93. The van der Waals surface area contributed by atoms with Crippen LogP contribution in [0.4, 0.5) is 11.8 Å². The standard InChI is InChI=1S/C16H20ClNO.C5H5N5/c1-5-12-9-11-7-6-8-13(17)14(11)15(19)18(12)10-16(2,3)4;6-1-3-2-9-5(8)10-4(3)7/h6-9H,5,10H2,1-4H3;2H,(H4,7,8,9,10). The molecule has 3 aromatic rings. The Morgan fingerprint density at radius 1 is 1.28 bits per heavy atom. The van der Waals surface area contributed by atoms with Crippen LogP contribution in [0.15, 0.2) is 35.3 Å². The Bertz CT molecular complexity index is 1120. The molecule has 0 radical (unpaired) electrons. The highest BCUT2D eigenvalue weighted by Gasteiger charge is 2.17. The van der Waals surface area contributed by atoms with E-state index in [9.17, 15) is 4.79 Å². The van der Waals surface area contributed by atoms with Crippen molar-refractivity contribution in [1.82, 2.24) is 14.5 Å². The van der Waals surface area contributed by atoms with Gasteiger partial charge in [-0.25, -0.2) is 4.98 Å². The number of nitrogen functional groups attached to an aromatic ring is 2. The second-order valence-corrected chi connectivity index (χ2v) is 8.19. The number of nitriles is 1. The van der Waals surface area contributed by atoms with E-state index in [4.69, 9.17) is 28.3 Å². The van der Waals surface area contributed by atoms with Crippen LogP contribution >= 0.6 is 11.6 Å². The molecule has 0 amide bonds. The molecule has 0 unspecified atom stereocenters. The van der Waals surface area contributed by atoms with Crippen molar-refractivity contribution < 1.29 is 0 Å². The lowest BCUT2D eigenvalue weighted by atomic mass is 9.96. The van der Waals surface area contributed by atoms with Crippen molar-refractivity contribution in [1.29, 1.82) is 5.26 Å². The molecule has 0 aliphatic heterocycles. The third kappa shape index (κ3) is 5.46. The monoisotopic (exact) mass is 412 g/mol. The lowest BCUT2D eigenvalue weighted by Gasteiger charge is -2.23. The van der Waals surface area contributed by atoms with Gasteiger partial charge in [-0.1, -0.05) is 51.4 Å². The van der Waals surface area contributed by atoms with Gasteiger partial charge in [0.25, 0.3) is 5.56 Å². The number of nitrogens with two attached hydrogens (primary N) is 2. The maximum atomic E-state index is 12.7. The van der Waals surface area contributed by atoms with Gasteiger partial charge >= 0.3 is 0 Å². The van der Waals surface area contributed by atoms with Crippen LogP contribution < -0.4 is 17.0 Å². The number of nitrogens with zero attached hydrogens (tertiary/aromatic N) is 4. The first-order valence-corrected chi connectivity index (χ1v) is 9.54. The molecule has 0 saturated heterocycles. The molecule has 29 heavy (non-hydrogen) atoms. The summed E-state index contributed by atoms with van der Waals surface area (Å²) < 4.78 is 1.87. The fraction of sp³-hybridized carbons (Fsp3) is 0.333. The van der Waals surface area contributed by atoms with E-state index in [1.54, 1.807) is 6.07 Å². The molecule has 8 heteroatoms. The van der Waals surface area contributed by atoms with Crippen molar-refractivity contribution in [3.05, 3.63) is 57.1 Å². The van der Waals surface area contributed by atoms with Crippen molar-refractivity contribution in [2.75, 3.05) is 11.5 Å². The maximum Gasteiger partial charge on any atom is 0.260 e. The van der Waals surface area contributed by atoms with Crippen LogP contribution in [-0.2, 0) is 13.0 Å². The first-order chi connectivity index (χ1) is 13.6. The van der Waals surface area contributed by atoms with Crippen LogP contribution in [0, 0.1) is 16.7 Å². The van der Waals surface area contributed by atoms with Gasteiger partial charge in [0.15, 0.2) is 0 Å². The van der Waals surface area contributed by atoms with Crippen LogP contribution in [0.5, 0.6) is 0 Å². The maximum absolute atomic E-state index is 12.7. The van der Waals surface area contributed by atoms with Crippen molar-refractivity contribution >= 4 is 34.1 Å². The van der Waals surface area contributed by atoms with Crippen LogP contribution in [0.2, 0.25) is 5.02 Å². The van der Waals surface area contributed by atoms with E-state index in [0.29, 0.717) is 17.0 Å². The number of anilines is 2. The van der Waals surface area contributed by atoms with Gasteiger partial charge in [-0.2, -0.15) is 10.2 Å². The van der Waals surface area contributed by atoms with E-state index in [1.807, 2.05) is 22.8 Å². The zero-order valence-corrected chi connectivity index (χ0v) is 17.8. The Kier molecular flexibility index (Phi) is 6.83. The number of hydrogen-bond donors (Lipinski definition) is 2.